The summed E-state index contributed by atoms with van der Waals surface area (Å²) in [6.07, 6.45) is 1.20. The lowest BCUT2D eigenvalue weighted by atomic mass is 9.98. The van der Waals surface area contributed by atoms with Crippen molar-refractivity contribution in [1.29, 1.82) is 0 Å². The van der Waals surface area contributed by atoms with Crippen LogP contribution in [0.15, 0.2) is 11.3 Å². The zero-order valence-corrected chi connectivity index (χ0v) is 15.5. The minimum absolute atomic E-state index is 0.504. The molecule has 0 spiro atoms. The minimum Gasteiger partial charge on any atom is -0.385 e. The number of rotatable bonds is 10. The standard InChI is InChI=1S/C16H30N2OS2/c1-5-7-18(4)8-10-19-9-6-17-14-11-21-12-15(20)16(14)13(2)3/h13,17H,5-12H2,1-4H3. The summed E-state index contributed by atoms with van der Waals surface area (Å²) in [5, 5.41) is 3.53. The van der Waals surface area contributed by atoms with Crippen molar-refractivity contribution in [3.8, 4) is 0 Å². The molecule has 1 heterocycles. The van der Waals surface area contributed by atoms with Gasteiger partial charge < -0.3 is 15.0 Å². The van der Waals surface area contributed by atoms with Crippen LogP contribution in [-0.4, -0.2) is 61.2 Å². The Hall–Kier alpha value is -0.100. The number of hydrogen-bond donors (Lipinski definition) is 1. The van der Waals surface area contributed by atoms with E-state index in [2.05, 4.69) is 38.0 Å². The molecule has 0 atom stereocenters. The van der Waals surface area contributed by atoms with E-state index in [4.69, 9.17) is 17.0 Å². The van der Waals surface area contributed by atoms with Gasteiger partial charge in [0.05, 0.1) is 13.2 Å². The van der Waals surface area contributed by atoms with Crippen LogP contribution in [0.25, 0.3) is 0 Å². The van der Waals surface area contributed by atoms with E-state index in [0.29, 0.717) is 5.92 Å². The zero-order valence-electron chi connectivity index (χ0n) is 13.9. The van der Waals surface area contributed by atoms with E-state index in [0.717, 1.165) is 49.2 Å². The maximum atomic E-state index is 5.70. The molecular weight excluding hydrogens is 300 g/mol. The van der Waals surface area contributed by atoms with Crippen LogP contribution in [-0.2, 0) is 4.74 Å². The second-order valence-electron chi connectivity index (χ2n) is 5.81. The number of thiocarbonyl (C=S) groups is 1. The second kappa shape index (κ2) is 10.6. The van der Waals surface area contributed by atoms with Crippen LogP contribution in [0.2, 0.25) is 0 Å². The van der Waals surface area contributed by atoms with Gasteiger partial charge in [-0.15, -0.1) is 11.8 Å². The molecule has 3 nitrogen and oxygen atoms in total. The molecule has 0 saturated heterocycles. The second-order valence-corrected chi connectivity index (χ2v) is 7.28. The Morgan fingerprint density at radius 2 is 2.05 bits per heavy atom. The highest BCUT2D eigenvalue weighted by molar-refractivity contribution is 8.01. The van der Waals surface area contributed by atoms with Crippen molar-refractivity contribution >= 4 is 28.8 Å². The van der Waals surface area contributed by atoms with Crippen molar-refractivity contribution in [3.63, 3.8) is 0 Å². The van der Waals surface area contributed by atoms with Gasteiger partial charge in [-0.2, -0.15) is 0 Å². The highest BCUT2D eigenvalue weighted by Gasteiger charge is 2.19. The first-order valence-electron chi connectivity index (χ1n) is 7.90. The Morgan fingerprint density at radius 1 is 1.29 bits per heavy atom. The normalized spacial score (nSPS) is 16.2. The molecule has 0 radical (unpaired) electrons. The summed E-state index contributed by atoms with van der Waals surface area (Å²) in [5.74, 6) is 2.55. The van der Waals surface area contributed by atoms with Crippen molar-refractivity contribution in [3.05, 3.63) is 11.3 Å². The van der Waals surface area contributed by atoms with Crippen LogP contribution in [0.1, 0.15) is 27.2 Å². The Bertz CT molecular complexity index is 356. The van der Waals surface area contributed by atoms with Crippen LogP contribution < -0.4 is 5.32 Å². The molecule has 5 heteroatoms. The van der Waals surface area contributed by atoms with Gasteiger partial charge in [0.2, 0.25) is 0 Å². The third-order valence-electron chi connectivity index (χ3n) is 3.49. The third-order valence-corrected chi connectivity index (χ3v) is 5.02. The van der Waals surface area contributed by atoms with E-state index < -0.39 is 0 Å². The number of nitrogens with zero attached hydrogens (tertiary/aromatic N) is 1. The van der Waals surface area contributed by atoms with E-state index in [1.807, 2.05) is 11.8 Å². The molecule has 0 aromatic heterocycles. The summed E-state index contributed by atoms with van der Waals surface area (Å²) in [4.78, 5) is 3.43. The monoisotopic (exact) mass is 330 g/mol. The van der Waals surface area contributed by atoms with Gasteiger partial charge in [0.15, 0.2) is 0 Å². The molecular formula is C16H30N2OS2. The fourth-order valence-corrected chi connectivity index (χ4v) is 3.99. The summed E-state index contributed by atoms with van der Waals surface area (Å²) in [6.45, 7) is 11.2. The van der Waals surface area contributed by atoms with Crippen LogP contribution >= 0.6 is 24.0 Å². The predicted octanol–water partition coefficient (Wildman–Crippen LogP) is 2.96. The molecule has 21 heavy (non-hydrogen) atoms. The van der Waals surface area contributed by atoms with E-state index >= 15 is 0 Å². The zero-order chi connectivity index (χ0) is 15.7. The average Bonchev–Trinajstić information content (AvgIpc) is 2.42. The molecule has 122 valence electrons. The molecule has 1 N–H and O–H groups in total. The van der Waals surface area contributed by atoms with Crippen LogP contribution in [0, 0.1) is 5.92 Å². The van der Waals surface area contributed by atoms with Gasteiger partial charge in [0.1, 0.15) is 0 Å². The number of allylic oxidation sites excluding steroid dienone is 1. The van der Waals surface area contributed by atoms with Gasteiger partial charge >= 0.3 is 0 Å². The van der Waals surface area contributed by atoms with Gasteiger partial charge in [-0.05, 0) is 31.5 Å². The minimum atomic E-state index is 0.504. The highest BCUT2D eigenvalue weighted by atomic mass is 32.2. The molecule has 1 aliphatic rings. The molecule has 0 unspecified atom stereocenters. The highest BCUT2D eigenvalue weighted by Crippen LogP contribution is 2.25. The van der Waals surface area contributed by atoms with Gasteiger partial charge in [-0.25, -0.2) is 0 Å². The number of nitrogens with one attached hydrogen (secondary N) is 1. The van der Waals surface area contributed by atoms with E-state index in [-0.39, 0.29) is 0 Å². The fourth-order valence-electron chi connectivity index (χ4n) is 2.48. The summed E-state index contributed by atoms with van der Waals surface area (Å²) < 4.78 is 5.70. The van der Waals surface area contributed by atoms with Crippen LogP contribution in [0.5, 0.6) is 0 Å². The number of thioether (sulfide) groups is 1. The van der Waals surface area contributed by atoms with E-state index in [1.54, 1.807) is 0 Å². The van der Waals surface area contributed by atoms with Crippen molar-refractivity contribution in [1.82, 2.24) is 10.2 Å². The lowest BCUT2D eigenvalue weighted by Gasteiger charge is -2.25. The number of likely N-dealkylation sites (N-methyl/N-ethyl adjacent to an activating group) is 1. The Labute approximate surface area is 139 Å². The molecule has 1 aliphatic heterocycles. The Kier molecular flexibility index (Phi) is 9.56. The fraction of sp³-hybridized carbons (Fsp3) is 0.812. The Balaban J connectivity index is 2.25. The maximum Gasteiger partial charge on any atom is 0.0639 e. The Morgan fingerprint density at radius 3 is 2.71 bits per heavy atom. The van der Waals surface area contributed by atoms with Crippen LogP contribution in [0.3, 0.4) is 0 Å². The molecule has 0 bridgehead atoms. The molecule has 0 saturated carbocycles. The van der Waals surface area contributed by atoms with Gasteiger partial charge in [0, 0.05) is 35.2 Å². The first-order chi connectivity index (χ1) is 10.1. The van der Waals surface area contributed by atoms with Gasteiger partial charge in [-0.1, -0.05) is 33.0 Å². The molecule has 0 amide bonds. The first-order valence-corrected chi connectivity index (χ1v) is 9.46. The largest absolute Gasteiger partial charge is 0.385 e. The average molecular weight is 331 g/mol. The lowest BCUT2D eigenvalue weighted by Crippen LogP contribution is -2.30. The molecule has 0 aliphatic carbocycles. The summed E-state index contributed by atoms with van der Waals surface area (Å²) >= 11 is 7.40. The molecule has 0 aromatic rings. The number of hydrogen-bond acceptors (Lipinski definition) is 5. The predicted molar refractivity (Wildman–Crippen MR) is 98.4 cm³/mol. The lowest BCUT2D eigenvalue weighted by molar-refractivity contribution is 0.114. The summed E-state index contributed by atoms with van der Waals surface area (Å²) in [5.41, 5.74) is 2.67. The van der Waals surface area contributed by atoms with Crippen molar-refractivity contribution in [2.24, 2.45) is 5.92 Å². The van der Waals surface area contributed by atoms with Crippen molar-refractivity contribution in [2.75, 3.05) is 51.4 Å². The third kappa shape index (κ3) is 7.13. The number of ether oxygens (including phenoxy) is 1. The quantitative estimate of drug-likeness (QED) is 0.490. The molecule has 1 rings (SSSR count). The maximum absolute atomic E-state index is 5.70. The van der Waals surface area contributed by atoms with E-state index in [1.165, 1.54) is 17.7 Å². The first kappa shape index (κ1) is 18.9. The van der Waals surface area contributed by atoms with Crippen molar-refractivity contribution < 1.29 is 4.74 Å². The SMILES string of the molecule is CCCN(C)CCOCCNC1=C(C(C)C)C(=S)CSC1. The smallest absolute Gasteiger partial charge is 0.0639 e. The molecule has 0 aromatic carbocycles. The topological polar surface area (TPSA) is 24.5 Å². The van der Waals surface area contributed by atoms with E-state index in [9.17, 15) is 0 Å². The van der Waals surface area contributed by atoms with Crippen molar-refractivity contribution in [2.45, 2.75) is 27.2 Å². The van der Waals surface area contributed by atoms with Gasteiger partial charge in [0.25, 0.3) is 0 Å². The molecule has 0 fully saturated rings. The van der Waals surface area contributed by atoms with Crippen LogP contribution in [0.4, 0.5) is 0 Å². The summed E-state index contributed by atoms with van der Waals surface area (Å²) in [7, 11) is 2.14. The summed E-state index contributed by atoms with van der Waals surface area (Å²) in [6, 6.07) is 0. The van der Waals surface area contributed by atoms with Gasteiger partial charge in [-0.3, -0.25) is 0 Å².